The van der Waals surface area contributed by atoms with E-state index in [4.69, 9.17) is 18.9 Å². The lowest BCUT2D eigenvalue weighted by molar-refractivity contribution is -0.138. The number of fused-ring (bicyclic) bond motifs is 1. The molecule has 0 aliphatic carbocycles. The molecule has 38 heavy (non-hydrogen) atoms. The molecule has 194 valence electrons. The highest BCUT2D eigenvalue weighted by atomic mass is 32.1. The molecule has 0 bridgehead atoms. The maximum Gasteiger partial charge on any atom is 0.338 e. The standard InChI is InChI=1S/C29H27N3O5S/c1-5-36-28(34)24-25(18-10-7-6-8-11-18)30-29-32(26(24)19-12-9-13-20(16-19)35-4)27(33)22(38-29)17-21-14-15-23(37-21)31(2)3/h6-17,26H,5H2,1-4H3/b22-17-/t26-/m1/s1. The van der Waals surface area contributed by atoms with E-state index in [0.717, 1.165) is 5.56 Å². The molecule has 9 heteroatoms. The lowest BCUT2D eigenvalue weighted by Gasteiger charge is -2.26. The van der Waals surface area contributed by atoms with Crippen LogP contribution >= 0.6 is 11.3 Å². The lowest BCUT2D eigenvalue weighted by Crippen LogP contribution is -2.40. The SMILES string of the molecule is CCOC(=O)C1=C(c2ccccc2)N=c2s/c(=C\c3ccc(N(C)C)o3)c(=O)n2[C@@H]1c1cccc(OC)c1. The van der Waals surface area contributed by atoms with Gasteiger partial charge in [-0.05, 0) is 30.7 Å². The van der Waals surface area contributed by atoms with Crippen molar-refractivity contribution in [2.45, 2.75) is 13.0 Å². The van der Waals surface area contributed by atoms with Gasteiger partial charge in [-0.15, -0.1) is 0 Å². The molecule has 0 fully saturated rings. The number of carbonyl (C=O) groups excluding carboxylic acids is 1. The Morgan fingerprint density at radius 1 is 1.13 bits per heavy atom. The van der Waals surface area contributed by atoms with E-state index >= 15 is 0 Å². The van der Waals surface area contributed by atoms with Crippen LogP contribution in [0.2, 0.25) is 0 Å². The third-order valence-corrected chi connectivity index (χ3v) is 7.09. The summed E-state index contributed by atoms with van der Waals surface area (Å²) in [5.74, 6) is 1.30. The van der Waals surface area contributed by atoms with Crippen LogP contribution in [0.4, 0.5) is 5.88 Å². The van der Waals surface area contributed by atoms with Gasteiger partial charge in [0.25, 0.3) is 5.56 Å². The second kappa shape index (κ2) is 10.5. The third-order valence-electron chi connectivity index (χ3n) is 6.11. The highest BCUT2D eigenvalue weighted by Gasteiger charge is 2.35. The molecular weight excluding hydrogens is 502 g/mol. The minimum absolute atomic E-state index is 0.187. The van der Waals surface area contributed by atoms with Crippen molar-refractivity contribution < 1.29 is 18.7 Å². The first-order valence-corrected chi connectivity index (χ1v) is 12.9. The number of nitrogens with zero attached hydrogens (tertiary/aromatic N) is 3. The first-order valence-electron chi connectivity index (χ1n) is 12.1. The number of hydrogen-bond acceptors (Lipinski definition) is 8. The number of thiazole rings is 1. The summed E-state index contributed by atoms with van der Waals surface area (Å²) in [6.07, 6.45) is 1.70. The number of benzene rings is 2. The Morgan fingerprint density at radius 3 is 2.61 bits per heavy atom. The topological polar surface area (TPSA) is 86.3 Å². The van der Waals surface area contributed by atoms with Gasteiger partial charge < -0.3 is 18.8 Å². The summed E-state index contributed by atoms with van der Waals surface area (Å²) in [5.41, 5.74) is 1.94. The number of carbonyl (C=O) groups is 1. The van der Waals surface area contributed by atoms with E-state index < -0.39 is 12.0 Å². The summed E-state index contributed by atoms with van der Waals surface area (Å²) in [4.78, 5) is 34.5. The summed E-state index contributed by atoms with van der Waals surface area (Å²) in [7, 11) is 5.34. The number of hydrogen-bond donors (Lipinski definition) is 0. The predicted molar refractivity (Wildman–Crippen MR) is 147 cm³/mol. The van der Waals surface area contributed by atoms with Gasteiger partial charge in [-0.1, -0.05) is 53.8 Å². The van der Waals surface area contributed by atoms with E-state index in [9.17, 15) is 9.59 Å². The quantitative estimate of drug-likeness (QED) is 0.340. The van der Waals surface area contributed by atoms with Crippen LogP contribution in [0, 0.1) is 0 Å². The summed E-state index contributed by atoms with van der Waals surface area (Å²) >= 11 is 1.25. The van der Waals surface area contributed by atoms with Crippen molar-refractivity contribution >= 4 is 35.0 Å². The minimum atomic E-state index is -0.772. The molecule has 0 saturated carbocycles. The number of aromatic nitrogens is 1. The fourth-order valence-corrected chi connectivity index (χ4v) is 5.34. The molecular formula is C29H27N3O5S. The molecule has 8 nitrogen and oxygen atoms in total. The second-order valence-electron chi connectivity index (χ2n) is 8.78. The zero-order valence-electron chi connectivity index (χ0n) is 21.5. The van der Waals surface area contributed by atoms with Gasteiger partial charge in [0.05, 0.1) is 35.6 Å². The normalized spacial score (nSPS) is 15.2. The van der Waals surface area contributed by atoms with Crippen LogP contribution < -0.4 is 24.5 Å². The average molecular weight is 530 g/mol. The molecule has 0 radical (unpaired) electrons. The number of furan rings is 1. The molecule has 0 N–H and O–H groups in total. The van der Waals surface area contributed by atoms with Crippen LogP contribution in [-0.2, 0) is 9.53 Å². The van der Waals surface area contributed by atoms with Gasteiger partial charge in [0.2, 0.25) is 0 Å². The van der Waals surface area contributed by atoms with E-state index in [2.05, 4.69) is 0 Å². The van der Waals surface area contributed by atoms with Crippen molar-refractivity contribution in [2.24, 2.45) is 4.99 Å². The smallest absolute Gasteiger partial charge is 0.338 e. The number of ether oxygens (including phenoxy) is 2. The van der Waals surface area contributed by atoms with Gasteiger partial charge >= 0.3 is 5.97 Å². The number of anilines is 1. The molecule has 0 saturated heterocycles. The lowest BCUT2D eigenvalue weighted by atomic mass is 9.93. The zero-order valence-corrected chi connectivity index (χ0v) is 22.3. The highest BCUT2D eigenvalue weighted by molar-refractivity contribution is 7.07. The van der Waals surface area contributed by atoms with Gasteiger partial charge in [0.1, 0.15) is 11.5 Å². The molecule has 2 aromatic heterocycles. The number of esters is 1. The molecule has 5 rings (SSSR count). The molecule has 0 unspecified atom stereocenters. The summed E-state index contributed by atoms with van der Waals surface area (Å²) < 4.78 is 18.8. The second-order valence-corrected chi connectivity index (χ2v) is 9.79. The third kappa shape index (κ3) is 4.68. The van der Waals surface area contributed by atoms with Crippen LogP contribution in [0.1, 0.15) is 29.9 Å². The van der Waals surface area contributed by atoms with Gasteiger partial charge in [-0.3, -0.25) is 9.36 Å². The largest absolute Gasteiger partial charge is 0.497 e. The number of methoxy groups -OCH3 is 1. The maximum absolute atomic E-state index is 13.9. The van der Waals surface area contributed by atoms with Gasteiger partial charge in [0, 0.05) is 31.8 Å². The minimum Gasteiger partial charge on any atom is -0.497 e. The Morgan fingerprint density at radius 2 is 1.92 bits per heavy atom. The van der Waals surface area contributed by atoms with E-state index in [1.165, 1.54) is 11.3 Å². The van der Waals surface area contributed by atoms with Crippen LogP contribution in [0.25, 0.3) is 11.8 Å². The Balaban J connectivity index is 1.81. The predicted octanol–water partition coefficient (Wildman–Crippen LogP) is 3.60. The average Bonchev–Trinajstić information content (AvgIpc) is 3.53. The monoisotopic (exact) mass is 529 g/mol. The molecule has 2 aromatic carbocycles. The summed E-state index contributed by atoms with van der Waals surface area (Å²) in [6, 6.07) is 19.7. The van der Waals surface area contributed by atoms with Crippen molar-refractivity contribution in [3.8, 4) is 5.75 Å². The van der Waals surface area contributed by atoms with E-state index in [1.807, 2.05) is 85.7 Å². The Kier molecular flexibility index (Phi) is 7.02. The van der Waals surface area contributed by atoms with Crippen molar-refractivity contribution in [1.29, 1.82) is 0 Å². The first-order chi connectivity index (χ1) is 18.4. The van der Waals surface area contributed by atoms with Crippen LogP contribution in [0.3, 0.4) is 0 Å². The molecule has 0 spiro atoms. The number of rotatable bonds is 7. The molecule has 0 amide bonds. The van der Waals surface area contributed by atoms with Gasteiger partial charge in [-0.2, -0.15) is 0 Å². The molecule has 4 aromatic rings. The molecule has 1 aliphatic rings. The molecule has 1 aliphatic heterocycles. The fourth-order valence-electron chi connectivity index (χ4n) is 4.36. The zero-order chi connectivity index (χ0) is 26.8. The van der Waals surface area contributed by atoms with Crippen molar-refractivity contribution in [3.05, 3.63) is 109 Å². The maximum atomic E-state index is 13.9. The van der Waals surface area contributed by atoms with E-state index in [-0.39, 0.29) is 17.7 Å². The molecule has 3 heterocycles. The van der Waals surface area contributed by atoms with Crippen molar-refractivity contribution in [3.63, 3.8) is 0 Å². The van der Waals surface area contributed by atoms with Crippen LogP contribution in [0.5, 0.6) is 5.75 Å². The highest BCUT2D eigenvalue weighted by Crippen LogP contribution is 2.36. The molecule has 1 atom stereocenters. The Hall–Kier alpha value is -4.37. The fraction of sp³-hybridized carbons (Fsp3) is 0.207. The van der Waals surface area contributed by atoms with Crippen molar-refractivity contribution in [2.75, 3.05) is 32.7 Å². The van der Waals surface area contributed by atoms with Crippen LogP contribution in [0.15, 0.2) is 86.5 Å². The van der Waals surface area contributed by atoms with Crippen molar-refractivity contribution in [1.82, 2.24) is 4.57 Å². The Bertz CT molecular complexity index is 1700. The van der Waals surface area contributed by atoms with E-state index in [1.54, 1.807) is 24.7 Å². The van der Waals surface area contributed by atoms with Crippen LogP contribution in [-0.4, -0.2) is 38.3 Å². The Labute approximate surface area is 223 Å². The first kappa shape index (κ1) is 25.3. The van der Waals surface area contributed by atoms with Gasteiger partial charge in [-0.25, -0.2) is 9.79 Å². The van der Waals surface area contributed by atoms with Gasteiger partial charge in [0.15, 0.2) is 10.7 Å². The van der Waals surface area contributed by atoms with E-state index in [0.29, 0.717) is 38.0 Å². The summed E-state index contributed by atoms with van der Waals surface area (Å²) in [5, 5.41) is 0. The summed E-state index contributed by atoms with van der Waals surface area (Å²) in [6.45, 7) is 1.94.